The lowest BCUT2D eigenvalue weighted by Gasteiger charge is -2.31. The molecule has 0 N–H and O–H groups in total. The van der Waals surface area contributed by atoms with E-state index in [4.69, 9.17) is 0 Å². The Labute approximate surface area is 97.1 Å². The number of fused-ring (bicyclic) bond motifs is 2. The fraction of sp³-hybridized carbons (Fsp3) is 0.533. The van der Waals surface area contributed by atoms with Gasteiger partial charge in [-0.2, -0.15) is 5.26 Å². The first-order valence-corrected chi connectivity index (χ1v) is 6.27. The van der Waals surface area contributed by atoms with Crippen LogP contribution in [0.1, 0.15) is 31.2 Å². The van der Waals surface area contributed by atoms with Gasteiger partial charge in [0.05, 0.1) is 11.5 Å². The van der Waals surface area contributed by atoms with Gasteiger partial charge in [0.2, 0.25) is 0 Å². The highest BCUT2D eigenvalue weighted by Gasteiger charge is 2.51. The molecule has 0 heterocycles. The van der Waals surface area contributed by atoms with Crippen molar-refractivity contribution in [3.05, 3.63) is 35.9 Å². The molecule has 2 fully saturated rings. The number of nitrogens with zero attached hydrogens (tertiary/aromatic N) is 1. The molecule has 0 aromatic heterocycles. The molecule has 0 amide bonds. The third kappa shape index (κ3) is 1.45. The lowest BCUT2D eigenvalue weighted by Crippen LogP contribution is -2.28. The molecule has 0 radical (unpaired) electrons. The van der Waals surface area contributed by atoms with E-state index in [-0.39, 0.29) is 5.41 Å². The maximum Gasteiger partial charge on any atom is 0.0696 e. The minimum atomic E-state index is -0.0374. The van der Waals surface area contributed by atoms with Gasteiger partial charge in [-0.25, -0.2) is 0 Å². The summed E-state index contributed by atoms with van der Waals surface area (Å²) in [7, 11) is 0. The van der Waals surface area contributed by atoms with Crippen LogP contribution in [0.4, 0.5) is 0 Å². The number of hydrogen-bond acceptors (Lipinski definition) is 1. The highest BCUT2D eigenvalue weighted by Crippen LogP contribution is 2.56. The summed E-state index contributed by atoms with van der Waals surface area (Å²) in [4.78, 5) is 0. The Hall–Kier alpha value is -1.29. The summed E-state index contributed by atoms with van der Waals surface area (Å²) < 4.78 is 0. The molecule has 2 aliphatic rings. The molecule has 0 spiro atoms. The van der Waals surface area contributed by atoms with E-state index in [0.29, 0.717) is 5.92 Å². The molecule has 1 aromatic rings. The second kappa shape index (κ2) is 3.63. The molecule has 16 heavy (non-hydrogen) atoms. The first-order valence-electron chi connectivity index (χ1n) is 6.27. The highest BCUT2D eigenvalue weighted by molar-refractivity contribution is 5.22. The van der Waals surface area contributed by atoms with Crippen molar-refractivity contribution in [2.24, 2.45) is 17.3 Å². The summed E-state index contributed by atoms with van der Waals surface area (Å²) >= 11 is 0. The average molecular weight is 211 g/mol. The Morgan fingerprint density at radius 3 is 2.62 bits per heavy atom. The summed E-state index contributed by atoms with van der Waals surface area (Å²) in [6.45, 7) is 0. The largest absolute Gasteiger partial charge is 0.198 e. The van der Waals surface area contributed by atoms with Crippen molar-refractivity contribution in [3.8, 4) is 6.07 Å². The standard InChI is InChI=1S/C15H17N/c16-11-15(9-12-4-2-1-3-5-12)10-13-6-7-14(15)8-13/h1-5,13-14H,6-10H2. The molecular formula is C15H17N. The van der Waals surface area contributed by atoms with Gasteiger partial charge in [0.15, 0.2) is 0 Å². The van der Waals surface area contributed by atoms with E-state index in [1.165, 1.54) is 24.8 Å². The molecule has 1 heteroatoms. The lowest BCUT2D eigenvalue weighted by molar-refractivity contribution is 0.239. The second-order valence-electron chi connectivity index (χ2n) is 5.51. The van der Waals surface area contributed by atoms with Crippen LogP contribution >= 0.6 is 0 Å². The summed E-state index contributed by atoms with van der Waals surface area (Å²) in [5.74, 6) is 1.51. The van der Waals surface area contributed by atoms with Gasteiger partial charge in [-0.05, 0) is 43.1 Å². The molecule has 1 nitrogen and oxygen atoms in total. The maximum absolute atomic E-state index is 9.55. The van der Waals surface area contributed by atoms with Crippen LogP contribution in [-0.4, -0.2) is 0 Å². The summed E-state index contributed by atoms with van der Waals surface area (Å²) in [5.41, 5.74) is 1.29. The van der Waals surface area contributed by atoms with Crippen LogP contribution in [0.15, 0.2) is 30.3 Å². The van der Waals surface area contributed by atoms with E-state index in [9.17, 15) is 5.26 Å². The quantitative estimate of drug-likeness (QED) is 0.733. The summed E-state index contributed by atoms with van der Waals surface area (Å²) in [6.07, 6.45) is 6.06. The van der Waals surface area contributed by atoms with Crippen LogP contribution in [0.2, 0.25) is 0 Å². The summed E-state index contributed by atoms with van der Waals surface area (Å²) in [5, 5.41) is 9.55. The topological polar surface area (TPSA) is 23.8 Å². The minimum Gasteiger partial charge on any atom is -0.198 e. The molecule has 0 saturated heterocycles. The van der Waals surface area contributed by atoms with Crippen LogP contribution in [-0.2, 0) is 6.42 Å². The molecule has 3 unspecified atom stereocenters. The molecule has 2 saturated carbocycles. The zero-order valence-electron chi connectivity index (χ0n) is 9.52. The van der Waals surface area contributed by atoms with Gasteiger partial charge in [0.1, 0.15) is 0 Å². The fourth-order valence-electron chi connectivity index (χ4n) is 3.80. The second-order valence-corrected chi connectivity index (χ2v) is 5.51. The average Bonchev–Trinajstić information content (AvgIpc) is 2.91. The number of nitriles is 1. The Kier molecular flexibility index (Phi) is 2.24. The molecule has 2 bridgehead atoms. The van der Waals surface area contributed by atoms with E-state index >= 15 is 0 Å². The third-order valence-corrected chi connectivity index (χ3v) is 4.56. The van der Waals surface area contributed by atoms with Crippen molar-refractivity contribution in [3.63, 3.8) is 0 Å². The Bertz CT molecular complexity index is 417. The van der Waals surface area contributed by atoms with E-state index < -0.39 is 0 Å². The van der Waals surface area contributed by atoms with Gasteiger partial charge in [-0.15, -0.1) is 0 Å². The Balaban J connectivity index is 1.85. The normalized spacial score (nSPS) is 36.2. The molecule has 3 atom stereocenters. The van der Waals surface area contributed by atoms with E-state index in [1.807, 2.05) is 6.07 Å². The molecular weight excluding hydrogens is 194 g/mol. The zero-order valence-corrected chi connectivity index (χ0v) is 9.52. The monoisotopic (exact) mass is 211 g/mol. The van der Waals surface area contributed by atoms with Gasteiger partial charge in [0.25, 0.3) is 0 Å². The fourth-order valence-corrected chi connectivity index (χ4v) is 3.80. The van der Waals surface area contributed by atoms with Gasteiger partial charge in [-0.3, -0.25) is 0 Å². The van der Waals surface area contributed by atoms with E-state index in [2.05, 4.69) is 30.3 Å². The van der Waals surface area contributed by atoms with Crippen molar-refractivity contribution >= 4 is 0 Å². The highest BCUT2D eigenvalue weighted by atomic mass is 14.5. The Morgan fingerprint density at radius 2 is 2.06 bits per heavy atom. The van der Waals surface area contributed by atoms with Crippen molar-refractivity contribution < 1.29 is 0 Å². The van der Waals surface area contributed by atoms with Crippen LogP contribution in [0.5, 0.6) is 0 Å². The Morgan fingerprint density at radius 1 is 1.25 bits per heavy atom. The van der Waals surface area contributed by atoms with Crippen LogP contribution < -0.4 is 0 Å². The first-order chi connectivity index (χ1) is 7.82. The predicted octanol–water partition coefficient (Wildman–Crippen LogP) is 3.56. The first kappa shape index (κ1) is 9.90. The van der Waals surface area contributed by atoms with Crippen molar-refractivity contribution in [1.29, 1.82) is 5.26 Å². The minimum absolute atomic E-state index is 0.0374. The van der Waals surface area contributed by atoms with Crippen LogP contribution in [0.25, 0.3) is 0 Å². The number of benzene rings is 1. The zero-order chi connectivity index (χ0) is 11.0. The van der Waals surface area contributed by atoms with Gasteiger partial charge >= 0.3 is 0 Å². The smallest absolute Gasteiger partial charge is 0.0696 e. The van der Waals surface area contributed by atoms with Crippen molar-refractivity contribution in [1.82, 2.24) is 0 Å². The number of hydrogen-bond donors (Lipinski definition) is 0. The van der Waals surface area contributed by atoms with Gasteiger partial charge in [-0.1, -0.05) is 36.8 Å². The van der Waals surface area contributed by atoms with Crippen LogP contribution in [0, 0.1) is 28.6 Å². The molecule has 2 aliphatic carbocycles. The predicted molar refractivity (Wildman–Crippen MR) is 63.6 cm³/mol. The molecule has 82 valence electrons. The molecule has 3 rings (SSSR count). The maximum atomic E-state index is 9.55. The molecule has 0 aliphatic heterocycles. The van der Waals surface area contributed by atoms with E-state index in [1.54, 1.807) is 0 Å². The van der Waals surface area contributed by atoms with E-state index in [0.717, 1.165) is 18.8 Å². The lowest BCUT2D eigenvalue weighted by atomic mass is 9.70. The van der Waals surface area contributed by atoms with Crippen LogP contribution in [0.3, 0.4) is 0 Å². The molecule has 1 aromatic carbocycles. The summed E-state index contributed by atoms with van der Waals surface area (Å²) in [6, 6.07) is 13.2. The van der Waals surface area contributed by atoms with Crippen molar-refractivity contribution in [2.45, 2.75) is 32.1 Å². The SMILES string of the molecule is N#CC1(Cc2ccccc2)CC2CCC1C2. The van der Waals surface area contributed by atoms with Gasteiger partial charge < -0.3 is 0 Å². The van der Waals surface area contributed by atoms with Crippen molar-refractivity contribution in [2.75, 3.05) is 0 Å². The number of rotatable bonds is 2. The van der Waals surface area contributed by atoms with Gasteiger partial charge in [0, 0.05) is 0 Å². The third-order valence-electron chi connectivity index (χ3n) is 4.56.